The van der Waals surface area contributed by atoms with Crippen LogP contribution in [0.25, 0.3) is 0 Å². The molecule has 1 aromatic heterocycles. The van der Waals surface area contributed by atoms with E-state index in [1.165, 1.54) is 6.92 Å². The SMILES string of the molecule is CC(=O)c1csc(NS(=O)(=O)CCC(C)C)n1. The fraction of sp³-hybridized carbons (Fsp3) is 0.600. The van der Waals surface area contributed by atoms with Gasteiger partial charge in [0.25, 0.3) is 0 Å². The lowest BCUT2D eigenvalue weighted by Crippen LogP contribution is -2.17. The van der Waals surface area contributed by atoms with Crippen LogP contribution in [0.4, 0.5) is 5.13 Å². The highest BCUT2D eigenvalue weighted by molar-refractivity contribution is 7.92. The number of nitrogens with zero attached hydrogens (tertiary/aromatic N) is 1. The molecule has 17 heavy (non-hydrogen) atoms. The third-order valence-corrected chi connectivity index (χ3v) is 4.24. The Morgan fingerprint density at radius 3 is 2.65 bits per heavy atom. The molecule has 1 rings (SSSR count). The van der Waals surface area contributed by atoms with Crippen molar-refractivity contribution < 1.29 is 13.2 Å². The topological polar surface area (TPSA) is 76.1 Å². The maximum absolute atomic E-state index is 11.7. The maximum Gasteiger partial charge on any atom is 0.234 e. The number of thiazole rings is 1. The number of carbonyl (C=O) groups excluding carboxylic acids is 1. The fourth-order valence-corrected chi connectivity index (χ4v) is 3.42. The summed E-state index contributed by atoms with van der Waals surface area (Å²) >= 11 is 1.12. The van der Waals surface area contributed by atoms with Crippen LogP contribution in [0.15, 0.2) is 5.38 Å². The summed E-state index contributed by atoms with van der Waals surface area (Å²) in [5.41, 5.74) is 0.288. The first-order chi connectivity index (χ1) is 7.80. The second-order valence-electron chi connectivity index (χ2n) is 4.20. The minimum atomic E-state index is -3.36. The molecule has 0 aliphatic heterocycles. The quantitative estimate of drug-likeness (QED) is 0.808. The number of aromatic nitrogens is 1. The highest BCUT2D eigenvalue weighted by atomic mass is 32.2. The van der Waals surface area contributed by atoms with Gasteiger partial charge in [0, 0.05) is 12.3 Å². The van der Waals surface area contributed by atoms with Crippen LogP contribution in [-0.2, 0) is 10.0 Å². The second kappa shape index (κ2) is 5.59. The minimum Gasteiger partial charge on any atom is -0.293 e. The molecule has 0 radical (unpaired) electrons. The lowest BCUT2D eigenvalue weighted by molar-refractivity contribution is 0.101. The van der Waals surface area contributed by atoms with Gasteiger partial charge in [0.1, 0.15) is 5.69 Å². The van der Waals surface area contributed by atoms with Crippen molar-refractivity contribution in [2.45, 2.75) is 27.2 Å². The van der Waals surface area contributed by atoms with Crippen molar-refractivity contribution in [1.29, 1.82) is 0 Å². The Morgan fingerprint density at radius 1 is 1.53 bits per heavy atom. The molecule has 1 heterocycles. The van der Waals surface area contributed by atoms with Gasteiger partial charge in [-0.3, -0.25) is 9.52 Å². The van der Waals surface area contributed by atoms with Gasteiger partial charge < -0.3 is 0 Å². The van der Waals surface area contributed by atoms with Crippen LogP contribution in [0.3, 0.4) is 0 Å². The van der Waals surface area contributed by atoms with Crippen molar-refractivity contribution in [1.82, 2.24) is 4.98 Å². The standard InChI is InChI=1S/C10H16N2O3S2/c1-7(2)4-5-17(14,15)12-10-11-9(6-16-10)8(3)13/h6-7H,4-5H2,1-3H3,(H,11,12). The van der Waals surface area contributed by atoms with Crippen molar-refractivity contribution in [3.05, 3.63) is 11.1 Å². The van der Waals surface area contributed by atoms with Gasteiger partial charge in [-0.05, 0) is 12.3 Å². The average Bonchev–Trinajstić information content (AvgIpc) is 2.63. The van der Waals surface area contributed by atoms with Gasteiger partial charge in [0.2, 0.25) is 10.0 Å². The average molecular weight is 276 g/mol. The zero-order valence-corrected chi connectivity index (χ0v) is 11.7. The third-order valence-electron chi connectivity index (χ3n) is 2.07. The van der Waals surface area contributed by atoms with E-state index in [0.29, 0.717) is 12.3 Å². The van der Waals surface area contributed by atoms with E-state index in [0.717, 1.165) is 11.3 Å². The van der Waals surface area contributed by atoms with Crippen LogP contribution >= 0.6 is 11.3 Å². The van der Waals surface area contributed by atoms with Gasteiger partial charge in [-0.2, -0.15) is 0 Å². The van der Waals surface area contributed by atoms with E-state index in [9.17, 15) is 13.2 Å². The van der Waals surface area contributed by atoms with Crippen molar-refractivity contribution in [2.75, 3.05) is 10.5 Å². The van der Waals surface area contributed by atoms with Gasteiger partial charge >= 0.3 is 0 Å². The number of sulfonamides is 1. The van der Waals surface area contributed by atoms with Gasteiger partial charge in [0.15, 0.2) is 10.9 Å². The third kappa shape index (κ3) is 4.82. The monoisotopic (exact) mass is 276 g/mol. The first-order valence-electron chi connectivity index (χ1n) is 5.27. The molecule has 0 unspecified atom stereocenters. The molecule has 1 aromatic rings. The van der Waals surface area contributed by atoms with E-state index < -0.39 is 10.0 Å². The summed E-state index contributed by atoms with van der Waals surface area (Å²) in [7, 11) is -3.36. The molecular formula is C10H16N2O3S2. The predicted molar refractivity (Wildman–Crippen MR) is 69.0 cm³/mol. The number of nitrogens with one attached hydrogen (secondary N) is 1. The molecule has 0 amide bonds. The number of hydrogen-bond acceptors (Lipinski definition) is 5. The smallest absolute Gasteiger partial charge is 0.234 e. The molecule has 96 valence electrons. The molecule has 1 N–H and O–H groups in total. The van der Waals surface area contributed by atoms with Crippen LogP contribution in [0.2, 0.25) is 0 Å². The zero-order valence-electron chi connectivity index (χ0n) is 10.1. The molecule has 0 saturated heterocycles. The molecule has 5 nitrogen and oxygen atoms in total. The number of anilines is 1. The van der Waals surface area contributed by atoms with E-state index in [1.54, 1.807) is 5.38 Å². The number of carbonyl (C=O) groups is 1. The van der Waals surface area contributed by atoms with Crippen LogP contribution in [0.1, 0.15) is 37.7 Å². The summed E-state index contributed by atoms with van der Waals surface area (Å²) in [5, 5.41) is 1.79. The summed E-state index contributed by atoms with van der Waals surface area (Å²) in [6.07, 6.45) is 0.597. The first-order valence-corrected chi connectivity index (χ1v) is 7.80. The number of ketones is 1. The van der Waals surface area contributed by atoms with Crippen molar-refractivity contribution in [3.63, 3.8) is 0 Å². The maximum atomic E-state index is 11.7. The van der Waals surface area contributed by atoms with Gasteiger partial charge in [0.05, 0.1) is 5.75 Å². The molecule has 0 aliphatic carbocycles. The summed E-state index contributed by atoms with van der Waals surface area (Å²) in [6, 6.07) is 0. The van der Waals surface area contributed by atoms with Gasteiger partial charge in [-0.1, -0.05) is 13.8 Å². The van der Waals surface area contributed by atoms with E-state index in [4.69, 9.17) is 0 Å². The highest BCUT2D eigenvalue weighted by Crippen LogP contribution is 2.17. The normalized spacial score (nSPS) is 11.8. The lowest BCUT2D eigenvalue weighted by atomic mass is 10.2. The Hall–Kier alpha value is -0.950. The van der Waals surface area contributed by atoms with Gasteiger partial charge in [-0.15, -0.1) is 11.3 Å². The Morgan fingerprint density at radius 2 is 2.18 bits per heavy atom. The summed E-state index contributed by atoms with van der Waals surface area (Å²) in [5.74, 6) is 0.226. The highest BCUT2D eigenvalue weighted by Gasteiger charge is 2.14. The van der Waals surface area contributed by atoms with Crippen LogP contribution in [0.5, 0.6) is 0 Å². The van der Waals surface area contributed by atoms with E-state index in [-0.39, 0.29) is 22.4 Å². The molecule has 0 aromatic carbocycles. The van der Waals surface area contributed by atoms with E-state index >= 15 is 0 Å². The van der Waals surface area contributed by atoms with Crippen molar-refractivity contribution >= 4 is 32.3 Å². The Kier molecular flexibility index (Phi) is 4.64. The zero-order chi connectivity index (χ0) is 13.1. The number of Topliss-reactive ketones (excluding diaryl/α,β-unsaturated/α-hetero) is 1. The predicted octanol–water partition coefficient (Wildman–Crippen LogP) is 2.13. The first kappa shape index (κ1) is 14.1. The van der Waals surface area contributed by atoms with Crippen LogP contribution in [-0.4, -0.2) is 24.9 Å². The minimum absolute atomic E-state index is 0.0691. The van der Waals surface area contributed by atoms with E-state index in [1.807, 2.05) is 13.8 Å². The fourth-order valence-electron chi connectivity index (χ4n) is 1.06. The Labute approximate surface area is 105 Å². The summed E-state index contributed by atoms with van der Waals surface area (Å²) in [6.45, 7) is 5.33. The molecule has 0 fully saturated rings. The lowest BCUT2D eigenvalue weighted by Gasteiger charge is -2.06. The molecule has 0 spiro atoms. The molecule has 0 atom stereocenters. The van der Waals surface area contributed by atoms with Crippen molar-refractivity contribution in [2.24, 2.45) is 5.92 Å². The molecule has 0 bridgehead atoms. The number of hydrogen-bond donors (Lipinski definition) is 1. The molecular weight excluding hydrogens is 260 g/mol. The van der Waals surface area contributed by atoms with E-state index in [2.05, 4.69) is 9.71 Å². The number of rotatable bonds is 6. The molecule has 7 heteroatoms. The summed E-state index contributed by atoms with van der Waals surface area (Å²) < 4.78 is 25.7. The Bertz CT molecular complexity index is 491. The van der Waals surface area contributed by atoms with Crippen LogP contribution < -0.4 is 4.72 Å². The Balaban J connectivity index is 2.66. The van der Waals surface area contributed by atoms with Crippen molar-refractivity contribution in [3.8, 4) is 0 Å². The second-order valence-corrected chi connectivity index (χ2v) is 6.90. The van der Waals surface area contributed by atoms with Crippen LogP contribution in [0, 0.1) is 5.92 Å². The molecule has 0 aliphatic rings. The summed E-state index contributed by atoms with van der Waals surface area (Å²) in [4.78, 5) is 14.9. The van der Waals surface area contributed by atoms with Gasteiger partial charge in [-0.25, -0.2) is 13.4 Å². The molecule has 0 saturated carbocycles. The largest absolute Gasteiger partial charge is 0.293 e.